The minimum Gasteiger partial charge on any atom is -0.463 e. The van der Waals surface area contributed by atoms with Crippen LogP contribution < -0.4 is 0 Å². The van der Waals surface area contributed by atoms with Crippen molar-refractivity contribution >= 4 is 11.9 Å². The second-order valence-corrected chi connectivity index (χ2v) is 18.5. The van der Waals surface area contributed by atoms with E-state index in [1.807, 2.05) is 0 Å². The minimum atomic E-state index is -0.395. The molecule has 0 spiro atoms. The van der Waals surface area contributed by atoms with Gasteiger partial charge in [0.25, 0.3) is 0 Å². The number of carbonyl (C=O) groups is 2. The molecule has 356 valence electrons. The molecule has 0 fully saturated rings. The van der Waals surface area contributed by atoms with Crippen LogP contribution >= 0.6 is 0 Å². The first-order valence-electron chi connectivity index (χ1n) is 27.2. The molecule has 0 N–H and O–H groups in total. The molecule has 0 aromatic heterocycles. The molecule has 0 rings (SSSR count). The largest absolute Gasteiger partial charge is 0.463 e. The van der Waals surface area contributed by atoms with Crippen molar-refractivity contribution in [1.29, 1.82) is 0 Å². The van der Waals surface area contributed by atoms with E-state index in [1.54, 1.807) is 0 Å². The molecule has 0 saturated carbocycles. The maximum Gasteiger partial charge on any atom is 0.305 e. The number of hydrogen-bond acceptors (Lipinski definition) is 5. The second kappa shape index (κ2) is 52.0. The average molecular weight is 847 g/mol. The molecule has 5 nitrogen and oxygen atoms in total. The summed E-state index contributed by atoms with van der Waals surface area (Å²) < 4.78 is 17.5. The van der Waals surface area contributed by atoms with Gasteiger partial charge in [-0.25, -0.2) is 0 Å². The van der Waals surface area contributed by atoms with Gasteiger partial charge in [0.05, 0.1) is 0 Å². The molecule has 0 aliphatic rings. The van der Waals surface area contributed by atoms with Crippen LogP contribution in [0, 0.1) is 0 Å². The van der Waals surface area contributed by atoms with Gasteiger partial charge in [-0.3, -0.25) is 9.59 Å². The Morgan fingerprint density at radius 2 is 0.583 bits per heavy atom. The van der Waals surface area contributed by atoms with Crippen molar-refractivity contribution in [3.05, 3.63) is 12.2 Å². The van der Waals surface area contributed by atoms with Crippen LogP contribution in [0.5, 0.6) is 0 Å². The second-order valence-electron chi connectivity index (χ2n) is 18.5. The highest BCUT2D eigenvalue weighted by Gasteiger charge is 2.16. The summed E-state index contributed by atoms with van der Waals surface area (Å²) in [6, 6.07) is 0. The van der Waals surface area contributed by atoms with Crippen molar-refractivity contribution in [2.45, 2.75) is 309 Å². The van der Waals surface area contributed by atoms with Crippen LogP contribution in [0.4, 0.5) is 0 Å². The van der Waals surface area contributed by atoms with Gasteiger partial charge in [0, 0.05) is 19.4 Å². The highest BCUT2D eigenvalue weighted by molar-refractivity contribution is 5.69. The number of esters is 2. The summed E-state index contributed by atoms with van der Waals surface area (Å²) in [7, 11) is 0. The van der Waals surface area contributed by atoms with Crippen molar-refractivity contribution in [2.75, 3.05) is 19.8 Å². The minimum absolute atomic E-state index is 0.158. The molecule has 1 atom stereocenters. The fraction of sp³-hybridized carbons (Fsp3) is 0.927. The number of allylic oxidation sites excluding steroid dienone is 2. The average Bonchev–Trinajstić information content (AvgIpc) is 3.25. The Labute approximate surface area is 375 Å². The zero-order chi connectivity index (χ0) is 43.5. The normalized spacial score (nSPS) is 12.1. The summed E-state index contributed by atoms with van der Waals surface area (Å²) in [6.07, 6.45) is 59.5. The Morgan fingerprint density at radius 3 is 0.883 bits per heavy atom. The van der Waals surface area contributed by atoms with E-state index >= 15 is 0 Å². The Hall–Kier alpha value is -1.36. The summed E-state index contributed by atoms with van der Waals surface area (Å²) in [5.74, 6) is -0.318. The van der Waals surface area contributed by atoms with Gasteiger partial charge in [0.15, 0.2) is 0 Å². The van der Waals surface area contributed by atoms with Crippen LogP contribution in [0.1, 0.15) is 303 Å². The molecule has 0 aliphatic heterocycles. The summed E-state index contributed by atoms with van der Waals surface area (Å²) >= 11 is 0. The number of carbonyl (C=O) groups excluding carboxylic acids is 2. The van der Waals surface area contributed by atoms with Gasteiger partial charge in [-0.2, -0.15) is 0 Å². The van der Waals surface area contributed by atoms with Crippen molar-refractivity contribution < 1.29 is 23.8 Å². The van der Waals surface area contributed by atoms with E-state index in [2.05, 4.69) is 32.9 Å². The lowest BCUT2D eigenvalue weighted by atomic mass is 10.0. The van der Waals surface area contributed by atoms with Crippen LogP contribution in [-0.2, 0) is 23.8 Å². The van der Waals surface area contributed by atoms with Crippen LogP contribution in [0.25, 0.3) is 0 Å². The third kappa shape index (κ3) is 49.3. The Morgan fingerprint density at radius 1 is 0.333 bits per heavy atom. The van der Waals surface area contributed by atoms with E-state index in [1.165, 1.54) is 231 Å². The van der Waals surface area contributed by atoms with Crippen LogP contribution in [-0.4, -0.2) is 37.9 Å². The first-order chi connectivity index (χ1) is 29.6. The van der Waals surface area contributed by atoms with Gasteiger partial charge in [-0.1, -0.05) is 258 Å². The zero-order valence-electron chi connectivity index (χ0n) is 41.0. The predicted octanol–water partition coefficient (Wildman–Crippen LogP) is 18.2. The van der Waals surface area contributed by atoms with Crippen LogP contribution in [0.15, 0.2) is 12.2 Å². The van der Waals surface area contributed by atoms with Gasteiger partial charge in [0.1, 0.15) is 19.3 Å². The number of hydrogen-bond donors (Lipinski definition) is 0. The Kier molecular flexibility index (Phi) is 50.8. The third-order valence-electron chi connectivity index (χ3n) is 12.3. The molecule has 0 aromatic rings. The molecule has 0 saturated heterocycles. The summed E-state index contributed by atoms with van der Waals surface area (Å²) in [5, 5.41) is 0. The molecular weight excluding hydrogens is 741 g/mol. The number of rotatable bonds is 51. The van der Waals surface area contributed by atoms with E-state index in [0.29, 0.717) is 19.4 Å². The van der Waals surface area contributed by atoms with Gasteiger partial charge >= 0.3 is 11.9 Å². The van der Waals surface area contributed by atoms with Crippen molar-refractivity contribution in [3.8, 4) is 0 Å². The highest BCUT2D eigenvalue weighted by Crippen LogP contribution is 2.16. The zero-order valence-corrected chi connectivity index (χ0v) is 41.0. The maximum atomic E-state index is 12.6. The molecular formula is C55H106O5. The third-order valence-corrected chi connectivity index (χ3v) is 12.3. The van der Waals surface area contributed by atoms with Crippen molar-refractivity contribution in [3.63, 3.8) is 0 Å². The quantitative estimate of drug-likeness (QED) is 0.0347. The van der Waals surface area contributed by atoms with E-state index < -0.39 is 6.10 Å². The van der Waals surface area contributed by atoms with Crippen LogP contribution in [0.3, 0.4) is 0 Å². The molecule has 5 heteroatoms. The Balaban J connectivity index is 4.21. The first kappa shape index (κ1) is 58.6. The Bertz CT molecular complexity index is 871. The van der Waals surface area contributed by atoms with E-state index in [9.17, 15) is 9.59 Å². The maximum absolute atomic E-state index is 12.6. The fourth-order valence-corrected chi connectivity index (χ4v) is 8.19. The lowest BCUT2D eigenvalue weighted by molar-refractivity contribution is -0.155. The molecule has 1 unspecified atom stereocenters. The van der Waals surface area contributed by atoms with Gasteiger partial charge in [0.2, 0.25) is 0 Å². The fourth-order valence-electron chi connectivity index (χ4n) is 8.19. The van der Waals surface area contributed by atoms with Crippen molar-refractivity contribution in [2.24, 2.45) is 0 Å². The predicted molar refractivity (Wildman–Crippen MR) is 261 cm³/mol. The SMILES string of the molecule is CCCCCCCCC=CCCCCCCCCOC(COC(=O)CCCCCCCCCCCCCCC)COC(=O)CCCCCCCCCCCCCCCCC. The smallest absolute Gasteiger partial charge is 0.305 e. The standard InChI is InChI=1S/C55H106O5/c1-4-7-10-13-16-19-22-25-27-29-32-35-38-41-44-47-50-58-53(51-59-54(56)48-45-42-39-36-33-30-24-21-18-15-12-9-6-3)52-60-55(57)49-46-43-40-37-34-31-28-26-23-20-17-14-11-8-5-2/h25,27,53H,4-24,26,28-52H2,1-3H3. The van der Waals surface area contributed by atoms with Gasteiger partial charge in [-0.05, 0) is 44.9 Å². The van der Waals surface area contributed by atoms with Crippen LogP contribution in [0.2, 0.25) is 0 Å². The molecule has 0 radical (unpaired) electrons. The summed E-state index contributed by atoms with van der Waals surface area (Å²) in [5.41, 5.74) is 0. The van der Waals surface area contributed by atoms with Crippen molar-refractivity contribution in [1.82, 2.24) is 0 Å². The van der Waals surface area contributed by atoms with E-state index in [0.717, 1.165) is 38.5 Å². The van der Waals surface area contributed by atoms with E-state index in [-0.39, 0.29) is 25.2 Å². The lowest BCUT2D eigenvalue weighted by Crippen LogP contribution is -2.29. The topological polar surface area (TPSA) is 61.8 Å². The number of ether oxygens (including phenoxy) is 3. The molecule has 0 amide bonds. The molecule has 0 heterocycles. The molecule has 0 aromatic carbocycles. The monoisotopic (exact) mass is 847 g/mol. The molecule has 0 aliphatic carbocycles. The summed E-state index contributed by atoms with van der Waals surface area (Å²) in [4.78, 5) is 25.2. The molecule has 0 bridgehead atoms. The highest BCUT2D eigenvalue weighted by atomic mass is 16.6. The summed E-state index contributed by atoms with van der Waals surface area (Å²) in [6.45, 7) is 7.77. The first-order valence-corrected chi connectivity index (χ1v) is 27.2. The van der Waals surface area contributed by atoms with Gasteiger partial charge < -0.3 is 14.2 Å². The van der Waals surface area contributed by atoms with E-state index in [4.69, 9.17) is 14.2 Å². The lowest BCUT2D eigenvalue weighted by Gasteiger charge is -2.18. The molecule has 60 heavy (non-hydrogen) atoms. The number of unbranched alkanes of at least 4 members (excludes halogenated alkanes) is 38. The van der Waals surface area contributed by atoms with Gasteiger partial charge in [-0.15, -0.1) is 0 Å².